The van der Waals surface area contributed by atoms with Crippen molar-refractivity contribution in [3.8, 4) is 66.8 Å². The Balaban J connectivity index is 0.913. The van der Waals surface area contributed by atoms with Crippen LogP contribution in [0.4, 0.5) is 17.1 Å². The Labute approximate surface area is 346 Å². The predicted octanol–water partition coefficient (Wildman–Crippen LogP) is 16.3. The average molecular weight is 752 g/mol. The number of benzene rings is 10. The first-order valence-electron chi connectivity index (χ1n) is 20.3. The van der Waals surface area contributed by atoms with Crippen LogP contribution in [0, 0.1) is 0 Å². The van der Waals surface area contributed by atoms with Crippen LogP contribution in [-0.4, -0.2) is 0 Å². The zero-order chi connectivity index (χ0) is 39.4. The van der Waals surface area contributed by atoms with Crippen LogP contribution in [0.3, 0.4) is 0 Å². The van der Waals surface area contributed by atoms with Gasteiger partial charge in [0.2, 0.25) is 0 Å². The molecular formula is C58H41N. The second kappa shape index (κ2) is 16.0. The first kappa shape index (κ1) is 35.7. The zero-order valence-corrected chi connectivity index (χ0v) is 32.6. The summed E-state index contributed by atoms with van der Waals surface area (Å²) in [6, 6.07) is 89.5. The van der Waals surface area contributed by atoms with Crippen LogP contribution in [0.2, 0.25) is 0 Å². The highest BCUT2D eigenvalue weighted by Crippen LogP contribution is 2.40. The maximum atomic E-state index is 2.32. The van der Waals surface area contributed by atoms with Crippen molar-refractivity contribution in [1.29, 1.82) is 0 Å². The molecule has 0 saturated carbocycles. The molecule has 0 atom stereocenters. The smallest absolute Gasteiger partial charge is 0.0462 e. The topological polar surface area (TPSA) is 3.24 Å². The van der Waals surface area contributed by atoms with Crippen LogP contribution in [0.15, 0.2) is 249 Å². The maximum Gasteiger partial charge on any atom is 0.0462 e. The third-order valence-electron chi connectivity index (χ3n) is 11.3. The van der Waals surface area contributed by atoms with Gasteiger partial charge in [-0.15, -0.1) is 0 Å². The molecule has 0 N–H and O–H groups in total. The van der Waals surface area contributed by atoms with Crippen LogP contribution >= 0.6 is 0 Å². The summed E-state index contributed by atoms with van der Waals surface area (Å²) in [4.78, 5) is 2.32. The lowest BCUT2D eigenvalue weighted by Crippen LogP contribution is -2.09. The SMILES string of the molecule is c1ccc(-c2ccccc2-c2ccc(-c3ccc(N(c4ccccc4)c4ccc(-c5ccc(-c6cccc7cccc(-c8ccccc8)c67)cc5)cc4)cc3)cc2)cc1. The van der Waals surface area contributed by atoms with E-state index in [9.17, 15) is 0 Å². The summed E-state index contributed by atoms with van der Waals surface area (Å²) in [5.41, 5.74) is 17.9. The van der Waals surface area contributed by atoms with Crippen molar-refractivity contribution >= 4 is 27.8 Å². The minimum atomic E-state index is 1.11. The molecule has 0 aliphatic carbocycles. The summed E-state index contributed by atoms with van der Waals surface area (Å²) in [6.45, 7) is 0. The Hall–Kier alpha value is -7.74. The fraction of sp³-hybridized carbons (Fsp3) is 0. The minimum Gasteiger partial charge on any atom is -0.311 e. The Morgan fingerprint density at radius 1 is 0.186 bits per heavy atom. The van der Waals surface area contributed by atoms with E-state index in [0.717, 1.165) is 17.1 Å². The third-order valence-corrected chi connectivity index (χ3v) is 11.3. The molecule has 1 nitrogen and oxygen atoms in total. The lowest BCUT2D eigenvalue weighted by molar-refractivity contribution is 1.28. The fourth-order valence-electron chi connectivity index (χ4n) is 8.36. The number of hydrogen-bond acceptors (Lipinski definition) is 1. The van der Waals surface area contributed by atoms with Crippen LogP contribution in [0.5, 0.6) is 0 Å². The summed E-state index contributed by atoms with van der Waals surface area (Å²) in [5, 5.41) is 2.53. The molecule has 0 radical (unpaired) electrons. The molecule has 0 saturated heterocycles. The minimum absolute atomic E-state index is 1.11. The van der Waals surface area contributed by atoms with Crippen molar-refractivity contribution in [2.24, 2.45) is 0 Å². The Morgan fingerprint density at radius 2 is 0.475 bits per heavy atom. The quantitative estimate of drug-likeness (QED) is 0.142. The van der Waals surface area contributed by atoms with E-state index in [4.69, 9.17) is 0 Å². The van der Waals surface area contributed by atoms with E-state index < -0.39 is 0 Å². The van der Waals surface area contributed by atoms with E-state index in [1.54, 1.807) is 0 Å². The zero-order valence-electron chi connectivity index (χ0n) is 32.6. The number of hydrogen-bond donors (Lipinski definition) is 0. The Bertz CT molecular complexity index is 2970. The predicted molar refractivity (Wildman–Crippen MR) is 251 cm³/mol. The van der Waals surface area contributed by atoms with Gasteiger partial charge in [-0.2, -0.15) is 0 Å². The van der Waals surface area contributed by atoms with Gasteiger partial charge in [-0.25, -0.2) is 0 Å². The largest absolute Gasteiger partial charge is 0.311 e. The number of fused-ring (bicyclic) bond motifs is 1. The standard InChI is InChI=1S/C58H41N/c1-4-14-46(15-5-1)54-22-10-11-23-55(54)48-30-26-42(27-31-48)44-34-38-52(39-35-44)59(51-20-8-3-9-21-51)53-40-36-45(37-41-53)43-28-32-49(33-29-43)57-25-13-19-50-18-12-24-56(58(50)57)47-16-6-2-7-17-47/h1-41H. The van der Waals surface area contributed by atoms with Gasteiger partial charge in [0, 0.05) is 17.1 Å². The van der Waals surface area contributed by atoms with Gasteiger partial charge in [0.25, 0.3) is 0 Å². The number of rotatable bonds is 9. The average Bonchev–Trinajstić information content (AvgIpc) is 3.33. The number of nitrogens with zero attached hydrogens (tertiary/aromatic N) is 1. The monoisotopic (exact) mass is 751 g/mol. The fourth-order valence-corrected chi connectivity index (χ4v) is 8.36. The molecule has 10 aromatic carbocycles. The van der Waals surface area contributed by atoms with Crippen molar-refractivity contribution in [1.82, 2.24) is 0 Å². The van der Waals surface area contributed by atoms with Crippen LogP contribution in [0.25, 0.3) is 77.5 Å². The molecule has 1 heteroatoms. The van der Waals surface area contributed by atoms with E-state index >= 15 is 0 Å². The van der Waals surface area contributed by atoms with Gasteiger partial charge in [-0.1, -0.05) is 212 Å². The van der Waals surface area contributed by atoms with Gasteiger partial charge in [0.05, 0.1) is 0 Å². The van der Waals surface area contributed by atoms with Crippen LogP contribution < -0.4 is 4.90 Å². The highest BCUT2D eigenvalue weighted by Gasteiger charge is 2.15. The van der Waals surface area contributed by atoms with E-state index in [-0.39, 0.29) is 0 Å². The van der Waals surface area contributed by atoms with Gasteiger partial charge in [0.15, 0.2) is 0 Å². The molecule has 0 heterocycles. The molecule has 0 aliphatic heterocycles. The highest BCUT2D eigenvalue weighted by atomic mass is 15.1. The molecule has 0 bridgehead atoms. The molecule has 0 unspecified atom stereocenters. The summed E-state index contributed by atoms with van der Waals surface area (Å²) >= 11 is 0. The van der Waals surface area contributed by atoms with E-state index in [1.165, 1.54) is 77.5 Å². The molecule has 0 aliphatic rings. The summed E-state index contributed by atoms with van der Waals surface area (Å²) < 4.78 is 0. The lowest BCUT2D eigenvalue weighted by atomic mass is 9.91. The van der Waals surface area contributed by atoms with Gasteiger partial charge < -0.3 is 4.90 Å². The summed E-state index contributed by atoms with van der Waals surface area (Å²) in [5.74, 6) is 0. The molecule has 59 heavy (non-hydrogen) atoms. The van der Waals surface area contributed by atoms with Crippen molar-refractivity contribution in [2.75, 3.05) is 4.90 Å². The van der Waals surface area contributed by atoms with E-state index in [0.29, 0.717) is 0 Å². The van der Waals surface area contributed by atoms with Crippen molar-refractivity contribution in [2.45, 2.75) is 0 Å². The van der Waals surface area contributed by atoms with Crippen molar-refractivity contribution in [3.63, 3.8) is 0 Å². The summed E-state index contributed by atoms with van der Waals surface area (Å²) in [6.07, 6.45) is 0. The molecule has 0 aromatic heterocycles. The molecular weight excluding hydrogens is 711 g/mol. The van der Waals surface area contributed by atoms with Crippen LogP contribution in [-0.2, 0) is 0 Å². The van der Waals surface area contributed by atoms with Crippen LogP contribution in [0.1, 0.15) is 0 Å². The second-order valence-corrected chi connectivity index (χ2v) is 14.9. The number of anilines is 3. The van der Waals surface area contributed by atoms with Gasteiger partial charge in [-0.05, 0) is 114 Å². The molecule has 0 fully saturated rings. The van der Waals surface area contributed by atoms with Gasteiger partial charge in [0.1, 0.15) is 0 Å². The highest BCUT2D eigenvalue weighted by molar-refractivity contribution is 6.06. The molecule has 278 valence electrons. The Morgan fingerprint density at radius 3 is 0.915 bits per heavy atom. The normalized spacial score (nSPS) is 11.1. The first-order chi connectivity index (χ1) is 29.3. The third kappa shape index (κ3) is 7.23. The van der Waals surface area contributed by atoms with E-state index in [2.05, 4.69) is 254 Å². The van der Waals surface area contributed by atoms with Crippen molar-refractivity contribution in [3.05, 3.63) is 249 Å². The first-order valence-corrected chi connectivity index (χ1v) is 20.3. The molecule has 0 amide bonds. The molecule has 10 aromatic rings. The van der Waals surface area contributed by atoms with Crippen molar-refractivity contribution < 1.29 is 0 Å². The molecule has 0 spiro atoms. The lowest BCUT2D eigenvalue weighted by Gasteiger charge is -2.26. The molecule has 10 rings (SSSR count). The van der Waals surface area contributed by atoms with Gasteiger partial charge >= 0.3 is 0 Å². The Kier molecular flexibility index (Phi) is 9.68. The number of para-hydroxylation sites is 1. The van der Waals surface area contributed by atoms with E-state index in [1.807, 2.05) is 0 Å². The van der Waals surface area contributed by atoms with Gasteiger partial charge in [-0.3, -0.25) is 0 Å². The second-order valence-electron chi connectivity index (χ2n) is 14.9. The summed E-state index contributed by atoms with van der Waals surface area (Å²) in [7, 11) is 0. The maximum absolute atomic E-state index is 2.32.